The van der Waals surface area contributed by atoms with Crippen LogP contribution in [0.2, 0.25) is 0 Å². The summed E-state index contributed by atoms with van der Waals surface area (Å²) in [5.74, 6) is 0. The van der Waals surface area contributed by atoms with Gasteiger partial charge < -0.3 is 15.0 Å². The van der Waals surface area contributed by atoms with Gasteiger partial charge in [0.05, 0.1) is 6.10 Å². The van der Waals surface area contributed by atoms with Crippen LogP contribution in [0.3, 0.4) is 0 Å². The predicted octanol–water partition coefficient (Wildman–Crippen LogP) is 3.83. The van der Waals surface area contributed by atoms with Crippen molar-refractivity contribution in [3.8, 4) is 0 Å². The van der Waals surface area contributed by atoms with Crippen molar-refractivity contribution in [3.63, 3.8) is 0 Å². The van der Waals surface area contributed by atoms with Crippen molar-refractivity contribution < 1.29 is 4.74 Å². The van der Waals surface area contributed by atoms with Crippen LogP contribution in [-0.2, 0) is 4.74 Å². The Kier molecular flexibility index (Phi) is 11.2. The molecule has 0 aromatic carbocycles. The van der Waals surface area contributed by atoms with E-state index < -0.39 is 0 Å². The van der Waals surface area contributed by atoms with E-state index in [4.69, 9.17) is 4.74 Å². The van der Waals surface area contributed by atoms with Crippen LogP contribution in [0.1, 0.15) is 71.1 Å². The SMILES string of the molecule is CCCCCN(C)CCCCCOC1CCC(NC)CC1. The Labute approximate surface area is 132 Å². The van der Waals surface area contributed by atoms with Gasteiger partial charge in [0.2, 0.25) is 0 Å². The average Bonchev–Trinajstić information content (AvgIpc) is 2.51. The number of hydrogen-bond donors (Lipinski definition) is 1. The maximum atomic E-state index is 6.02. The van der Waals surface area contributed by atoms with Crippen LogP contribution in [-0.4, -0.2) is 50.8 Å². The Morgan fingerprint density at radius 3 is 2.24 bits per heavy atom. The Balaban J connectivity index is 1.86. The van der Waals surface area contributed by atoms with E-state index in [-0.39, 0.29) is 0 Å². The zero-order chi connectivity index (χ0) is 15.3. The molecule has 0 atom stereocenters. The molecule has 1 saturated carbocycles. The average molecular weight is 299 g/mol. The standard InChI is InChI=1S/C18H38N2O/c1-4-5-7-14-20(3)15-8-6-9-16-21-18-12-10-17(19-2)11-13-18/h17-19H,4-16H2,1-3H3. The largest absolute Gasteiger partial charge is 0.378 e. The van der Waals surface area contributed by atoms with Crippen molar-refractivity contribution in [1.82, 2.24) is 10.2 Å². The van der Waals surface area contributed by atoms with Crippen molar-refractivity contribution in [1.29, 1.82) is 0 Å². The smallest absolute Gasteiger partial charge is 0.0576 e. The molecular formula is C18H38N2O. The molecular weight excluding hydrogens is 260 g/mol. The first kappa shape index (κ1) is 18.9. The molecule has 3 heteroatoms. The first-order valence-corrected chi connectivity index (χ1v) is 9.23. The number of rotatable bonds is 12. The molecule has 0 spiro atoms. The third-order valence-electron chi connectivity index (χ3n) is 4.76. The highest BCUT2D eigenvalue weighted by molar-refractivity contribution is 4.76. The van der Waals surface area contributed by atoms with E-state index in [9.17, 15) is 0 Å². The van der Waals surface area contributed by atoms with E-state index in [0.29, 0.717) is 6.10 Å². The van der Waals surface area contributed by atoms with Crippen molar-refractivity contribution in [2.45, 2.75) is 83.3 Å². The number of hydrogen-bond acceptors (Lipinski definition) is 3. The molecule has 0 saturated heterocycles. The van der Waals surface area contributed by atoms with Gasteiger partial charge in [0.1, 0.15) is 0 Å². The monoisotopic (exact) mass is 298 g/mol. The molecule has 0 amide bonds. The second-order valence-corrected chi connectivity index (χ2v) is 6.70. The summed E-state index contributed by atoms with van der Waals surface area (Å²) in [6.07, 6.45) is 13.5. The van der Waals surface area contributed by atoms with Gasteiger partial charge in [-0.25, -0.2) is 0 Å². The zero-order valence-electron chi connectivity index (χ0n) is 14.7. The van der Waals surface area contributed by atoms with Crippen molar-refractivity contribution in [2.75, 3.05) is 33.8 Å². The van der Waals surface area contributed by atoms with Crippen LogP contribution in [0.15, 0.2) is 0 Å². The van der Waals surface area contributed by atoms with E-state index in [2.05, 4.69) is 31.2 Å². The molecule has 1 aliphatic carbocycles. The van der Waals surface area contributed by atoms with Gasteiger partial charge in [-0.1, -0.05) is 19.8 Å². The predicted molar refractivity (Wildman–Crippen MR) is 91.9 cm³/mol. The lowest BCUT2D eigenvalue weighted by Gasteiger charge is -2.28. The van der Waals surface area contributed by atoms with Gasteiger partial charge in [-0.3, -0.25) is 0 Å². The zero-order valence-corrected chi connectivity index (χ0v) is 14.7. The van der Waals surface area contributed by atoms with Gasteiger partial charge in [0, 0.05) is 12.6 Å². The maximum Gasteiger partial charge on any atom is 0.0576 e. The fraction of sp³-hybridized carbons (Fsp3) is 1.00. The summed E-state index contributed by atoms with van der Waals surface area (Å²) < 4.78 is 6.02. The lowest BCUT2D eigenvalue weighted by molar-refractivity contribution is 0.0209. The Hall–Kier alpha value is -0.120. The fourth-order valence-corrected chi connectivity index (χ4v) is 3.17. The third kappa shape index (κ3) is 9.49. The van der Waals surface area contributed by atoms with Crippen molar-refractivity contribution in [3.05, 3.63) is 0 Å². The fourth-order valence-electron chi connectivity index (χ4n) is 3.17. The van der Waals surface area contributed by atoms with Gasteiger partial charge >= 0.3 is 0 Å². The second kappa shape index (κ2) is 12.4. The minimum atomic E-state index is 0.534. The lowest BCUT2D eigenvalue weighted by Crippen LogP contribution is -2.33. The summed E-state index contributed by atoms with van der Waals surface area (Å²) >= 11 is 0. The number of unbranched alkanes of at least 4 members (excludes halogenated alkanes) is 4. The van der Waals surface area contributed by atoms with Crippen LogP contribution in [0.5, 0.6) is 0 Å². The van der Waals surface area contributed by atoms with Crippen LogP contribution in [0, 0.1) is 0 Å². The van der Waals surface area contributed by atoms with Gasteiger partial charge in [-0.2, -0.15) is 0 Å². The topological polar surface area (TPSA) is 24.5 Å². The molecule has 1 N–H and O–H groups in total. The van der Waals surface area contributed by atoms with E-state index >= 15 is 0 Å². The number of nitrogens with zero attached hydrogens (tertiary/aromatic N) is 1. The van der Waals surface area contributed by atoms with Gasteiger partial charge in [-0.15, -0.1) is 0 Å². The van der Waals surface area contributed by atoms with Crippen LogP contribution >= 0.6 is 0 Å². The van der Waals surface area contributed by atoms with Crippen LogP contribution in [0.25, 0.3) is 0 Å². The molecule has 0 radical (unpaired) electrons. The molecule has 0 aromatic heterocycles. The molecule has 126 valence electrons. The summed E-state index contributed by atoms with van der Waals surface area (Å²) in [7, 11) is 4.33. The molecule has 1 rings (SSSR count). The second-order valence-electron chi connectivity index (χ2n) is 6.70. The summed E-state index contributed by atoms with van der Waals surface area (Å²) in [4.78, 5) is 2.48. The Morgan fingerprint density at radius 1 is 0.952 bits per heavy atom. The van der Waals surface area contributed by atoms with E-state index in [1.165, 1.54) is 77.3 Å². The molecule has 1 fully saturated rings. The highest BCUT2D eigenvalue weighted by Crippen LogP contribution is 2.21. The highest BCUT2D eigenvalue weighted by atomic mass is 16.5. The molecule has 1 aliphatic rings. The summed E-state index contributed by atoms with van der Waals surface area (Å²) in [6, 6.07) is 0.730. The molecule has 21 heavy (non-hydrogen) atoms. The highest BCUT2D eigenvalue weighted by Gasteiger charge is 2.19. The first-order valence-electron chi connectivity index (χ1n) is 9.23. The normalized spacial score (nSPS) is 22.9. The summed E-state index contributed by atoms with van der Waals surface area (Å²) in [6.45, 7) is 5.75. The summed E-state index contributed by atoms with van der Waals surface area (Å²) in [5, 5.41) is 3.38. The van der Waals surface area contributed by atoms with E-state index in [1.54, 1.807) is 0 Å². The quantitative estimate of drug-likeness (QED) is 0.554. The van der Waals surface area contributed by atoms with Crippen molar-refractivity contribution >= 4 is 0 Å². The molecule has 0 unspecified atom stereocenters. The Morgan fingerprint density at radius 2 is 1.62 bits per heavy atom. The van der Waals surface area contributed by atoms with E-state index in [1.807, 2.05) is 0 Å². The number of nitrogens with one attached hydrogen (secondary N) is 1. The first-order chi connectivity index (χ1) is 10.3. The van der Waals surface area contributed by atoms with Gasteiger partial charge in [0.15, 0.2) is 0 Å². The van der Waals surface area contributed by atoms with Gasteiger partial charge in [-0.05, 0) is 78.6 Å². The molecule has 0 aromatic rings. The van der Waals surface area contributed by atoms with Crippen LogP contribution in [0.4, 0.5) is 0 Å². The van der Waals surface area contributed by atoms with Gasteiger partial charge in [0.25, 0.3) is 0 Å². The van der Waals surface area contributed by atoms with E-state index in [0.717, 1.165) is 12.6 Å². The maximum absolute atomic E-state index is 6.02. The third-order valence-corrected chi connectivity index (χ3v) is 4.76. The van der Waals surface area contributed by atoms with Crippen LogP contribution < -0.4 is 5.32 Å². The minimum Gasteiger partial charge on any atom is -0.378 e. The molecule has 3 nitrogen and oxygen atoms in total. The van der Waals surface area contributed by atoms with Crippen molar-refractivity contribution in [2.24, 2.45) is 0 Å². The number of ether oxygens (including phenoxy) is 1. The summed E-state index contributed by atoms with van der Waals surface area (Å²) in [5.41, 5.74) is 0. The lowest BCUT2D eigenvalue weighted by atomic mass is 9.93. The molecule has 0 bridgehead atoms. The minimum absolute atomic E-state index is 0.534. The Bertz CT molecular complexity index is 227. The molecule has 0 heterocycles. The molecule has 0 aliphatic heterocycles.